The van der Waals surface area contributed by atoms with Crippen LogP contribution in [0.4, 0.5) is 38.5 Å². The van der Waals surface area contributed by atoms with Crippen molar-refractivity contribution in [3.63, 3.8) is 0 Å². The highest BCUT2D eigenvalue weighted by Crippen LogP contribution is 2.40. The van der Waals surface area contributed by atoms with Gasteiger partial charge in [-0.15, -0.1) is 0 Å². The maximum Gasteiger partial charge on any atom is 0.410 e. The number of carbonyl (C=O) groups excluding carboxylic acids is 2. The van der Waals surface area contributed by atoms with E-state index in [-0.39, 0.29) is 52.3 Å². The van der Waals surface area contributed by atoms with Crippen molar-refractivity contribution in [1.29, 1.82) is 0 Å². The van der Waals surface area contributed by atoms with Crippen molar-refractivity contribution in [3.05, 3.63) is 92.8 Å². The Kier molecular flexibility index (Phi) is 17.8. The Hall–Kier alpha value is -6.20. The average molecular weight is 1100 g/mol. The van der Waals surface area contributed by atoms with Gasteiger partial charge in [-0.1, -0.05) is 20.8 Å². The maximum atomic E-state index is 14.0. The zero-order valence-corrected chi connectivity index (χ0v) is 47.0. The third-order valence-corrected chi connectivity index (χ3v) is 18.6. The van der Waals surface area contributed by atoms with Crippen LogP contribution in [-0.2, 0) is 13.9 Å². The largest absolute Gasteiger partial charge is 0.483 e. The van der Waals surface area contributed by atoms with Gasteiger partial charge in [0.2, 0.25) is 11.5 Å². The van der Waals surface area contributed by atoms with Gasteiger partial charge in [0.1, 0.15) is 58.1 Å². The number of aliphatic hydroxyl groups excluding tert-OH is 1. The number of hydrogen-bond acceptors (Lipinski definition) is 14. The van der Waals surface area contributed by atoms with Gasteiger partial charge in [-0.2, -0.15) is 19.6 Å². The highest BCUT2D eigenvalue weighted by molar-refractivity contribution is 6.74. The van der Waals surface area contributed by atoms with Crippen LogP contribution < -0.4 is 30.4 Å². The van der Waals surface area contributed by atoms with Crippen LogP contribution in [0, 0.1) is 23.3 Å². The fourth-order valence-corrected chi connectivity index (χ4v) is 10.6. The first-order valence-corrected chi connectivity index (χ1v) is 29.2. The van der Waals surface area contributed by atoms with Crippen molar-refractivity contribution in [2.45, 2.75) is 155 Å². The van der Waals surface area contributed by atoms with Crippen LogP contribution in [0.3, 0.4) is 0 Å². The highest BCUT2D eigenvalue weighted by atomic mass is 28.4. The predicted octanol–water partition coefficient (Wildman–Crippen LogP) is 8.75. The number of amides is 2. The molecule has 2 saturated heterocycles. The Morgan fingerprint density at radius 3 is 1.27 bits per heavy atom. The maximum absolute atomic E-state index is 14.0. The number of nitrogens with zero attached hydrogens (tertiary/aromatic N) is 8. The lowest BCUT2D eigenvalue weighted by Gasteiger charge is -2.38. The summed E-state index contributed by atoms with van der Waals surface area (Å²) < 4.78 is 87.5. The quantitative estimate of drug-likeness (QED) is 0.117. The third-order valence-electron chi connectivity index (χ3n) is 14.1. The molecule has 0 radical (unpaired) electrons. The molecule has 0 bridgehead atoms. The van der Waals surface area contributed by atoms with Crippen LogP contribution in [-0.4, -0.2) is 143 Å². The van der Waals surface area contributed by atoms with E-state index in [0.29, 0.717) is 102 Å². The molecular formula is C54H74F4N8O10Si. The molecule has 2 aromatic carbocycles. The van der Waals surface area contributed by atoms with Crippen LogP contribution in [0.2, 0.25) is 18.1 Å². The minimum Gasteiger partial charge on any atom is -0.483 e. The molecule has 422 valence electrons. The predicted molar refractivity (Wildman–Crippen MR) is 284 cm³/mol. The first kappa shape index (κ1) is 58.5. The van der Waals surface area contributed by atoms with E-state index in [0.717, 1.165) is 46.1 Å². The van der Waals surface area contributed by atoms with E-state index in [2.05, 4.69) is 44.1 Å². The molecule has 4 atom stereocenters. The Labute approximate surface area is 447 Å². The summed E-state index contributed by atoms with van der Waals surface area (Å²) in [6, 6.07) is 5.59. The molecule has 8 rings (SSSR count). The van der Waals surface area contributed by atoms with E-state index in [1.54, 1.807) is 30.6 Å². The molecule has 2 aliphatic heterocycles. The molecule has 4 aromatic rings. The summed E-state index contributed by atoms with van der Waals surface area (Å²) in [5.41, 5.74) is -1.68. The number of rotatable bonds is 10. The van der Waals surface area contributed by atoms with E-state index in [1.165, 1.54) is 12.4 Å². The summed E-state index contributed by atoms with van der Waals surface area (Å²) in [5, 5.41) is 18.4. The van der Waals surface area contributed by atoms with Crippen molar-refractivity contribution in [1.82, 2.24) is 29.4 Å². The molecule has 4 aliphatic rings. The first-order valence-electron chi connectivity index (χ1n) is 26.3. The van der Waals surface area contributed by atoms with E-state index >= 15 is 0 Å². The van der Waals surface area contributed by atoms with Crippen LogP contribution in [0.1, 0.15) is 101 Å². The topological polar surface area (TPSA) is 183 Å². The smallest absolute Gasteiger partial charge is 0.410 e. The summed E-state index contributed by atoms with van der Waals surface area (Å²) in [6.07, 6.45) is 4.65. The fourth-order valence-electron chi connectivity index (χ4n) is 9.20. The minimum atomic E-state index is -1.99. The van der Waals surface area contributed by atoms with Gasteiger partial charge in [0.05, 0.1) is 29.9 Å². The summed E-state index contributed by atoms with van der Waals surface area (Å²) in [5.74, 6) is -3.24. The van der Waals surface area contributed by atoms with E-state index in [1.807, 2.05) is 30.6 Å². The molecule has 2 amide bonds. The molecule has 77 heavy (non-hydrogen) atoms. The van der Waals surface area contributed by atoms with Crippen molar-refractivity contribution in [2.75, 3.05) is 62.2 Å². The van der Waals surface area contributed by atoms with Gasteiger partial charge in [-0.3, -0.25) is 9.59 Å². The molecule has 4 heterocycles. The second-order valence-electron chi connectivity index (χ2n) is 23.6. The number of benzene rings is 2. The monoisotopic (exact) mass is 1100 g/mol. The van der Waals surface area contributed by atoms with Gasteiger partial charge >= 0.3 is 23.3 Å². The average Bonchev–Trinajstić information content (AvgIpc) is 3.95. The number of carbonyl (C=O) groups is 2. The van der Waals surface area contributed by atoms with Crippen molar-refractivity contribution in [2.24, 2.45) is 0 Å². The van der Waals surface area contributed by atoms with Crippen molar-refractivity contribution < 1.29 is 55.6 Å². The van der Waals surface area contributed by atoms with Gasteiger partial charge in [-0.05, 0) is 110 Å². The Morgan fingerprint density at radius 2 is 0.922 bits per heavy atom. The summed E-state index contributed by atoms with van der Waals surface area (Å²) >= 11 is 0. The standard InChI is InChI=1S/C30H44F2N4O5Si.C24H30F2N4O5/c1-29(2,3)40-28(38)35-13-11-34(12-14-35)25-19-33-36(22-16-20(31)15-21(32)17-22)27(37)26(25)39-23-9-10-24(18-23)41-42(7,8)30(4,5)6;1-24(2,3)35-23(33)29-8-6-28(7-9-29)20-14-27-30(17-11-15(25)10-16(26)12-17)22(32)21(20)34-19-5-4-18(31)13-19/h15-17,19,23-24H,9-14,18H2,1-8H3;10-12,14,18-19,31H,4-9,13H2,1-3H3/t23-,24+;18-,19+/m01/s1. The normalized spacial score (nSPS) is 20.4. The summed E-state index contributed by atoms with van der Waals surface area (Å²) in [4.78, 5) is 59.3. The van der Waals surface area contributed by atoms with Crippen LogP contribution in [0.15, 0.2) is 58.4 Å². The van der Waals surface area contributed by atoms with Crippen molar-refractivity contribution >= 4 is 31.9 Å². The van der Waals surface area contributed by atoms with Crippen LogP contribution in [0.5, 0.6) is 11.5 Å². The molecule has 2 aliphatic carbocycles. The first-order chi connectivity index (χ1) is 35.9. The molecule has 23 heteroatoms. The van der Waals surface area contributed by atoms with Crippen molar-refractivity contribution in [3.8, 4) is 22.9 Å². The highest BCUT2D eigenvalue weighted by Gasteiger charge is 2.42. The Balaban J connectivity index is 0.000000227. The number of hydrogen-bond donors (Lipinski definition) is 1. The van der Waals surface area contributed by atoms with Gasteiger partial charge < -0.3 is 48.1 Å². The number of anilines is 2. The molecule has 1 N–H and O–H groups in total. The molecule has 0 unspecified atom stereocenters. The van der Waals surface area contributed by atoms with Gasteiger partial charge in [0, 0.05) is 83.4 Å². The number of halogens is 4. The van der Waals surface area contributed by atoms with Gasteiger partial charge in [0.25, 0.3) is 0 Å². The minimum absolute atomic E-state index is 0.00510. The Morgan fingerprint density at radius 1 is 0.558 bits per heavy atom. The van der Waals surface area contributed by atoms with E-state index in [4.69, 9.17) is 23.4 Å². The number of piperazine rings is 2. The van der Waals surface area contributed by atoms with Gasteiger partial charge in [0.15, 0.2) is 8.32 Å². The molecule has 18 nitrogen and oxygen atoms in total. The molecule has 2 aromatic heterocycles. The SMILES string of the molecule is CC(C)(C)OC(=O)N1CCN(c2cnn(-c3cc(F)cc(F)c3)c(=O)c2O[C@H]2CC[C@@H](O)C2)CC1.CC(C)(C)OC(=O)N1CCN(c2cnn(-c3cc(F)cc(F)c3)c(=O)c2O[C@H]2CC[C@@H](O[Si](C)(C)C(C)(C)C)C2)CC1. The second-order valence-corrected chi connectivity index (χ2v) is 28.3. The third kappa shape index (κ3) is 15.1. The Bertz CT molecular complexity index is 2830. The summed E-state index contributed by atoms with van der Waals surface area (Å²) in [7, 11) is -1.99. The number of aliphatic hydroxyl groups is 1. The zero-order valence-electron chi connectivity index (χ0n) is 46.0. The zero-order chi connectivity index (χ0) is 56.4. The molecule has 2 saturated carbocycles. The van der Waals surface area contributed by atoms with Crippen LogP contribution >= 0.6 is 0 Å². The van der Waals surface area contributed by atoms with Crippen LogP contribution in [0.25, 0.3) is 11.4 Å². The number of ether oxygens (including phenoxy) is 4. The fraction of sp³-hybridized carbons (Fsp3) is 0.593. The van der Waals surface area contributed by atoms with E-state index < -0.39 is 66.1 Å². The lowest BCUT2D eigenvalue weighted by atomic mass is 10.2. The molecule has 4 fully saturated rings. The van der Waals surface area contributed by atoms with Gasteiger partial charge in [-0.25, -0.2) is 27.2 Å². The lowest BCUT2D eigenvalue weighted by molar-refractivity contribution is 0.0230. The second kappa shape index (κ2) is 23.4. The number of aromatic nitrogens is 4. The summed E-state index contributed by atoms with van der Waals surface area (Å²) in [6.45, 7) is 25.1. The lowest BCUT2D eigenvalue weighted by Crippen LogP contribution is -2.50. The molecule has 0 spiro atoms. The van der Waals surface area contributed by atoms with E-state index in [9.17, 15) is 41.8 Å². The molecular weight excluding hydrogens is 1020 g/mol.